The van der Waals surface area contributed by atoms with Gasteiger partial charge in [-0.2, -0.15) is 0 Å². The highest BCUT2D eigenvalue weighted by molar-refractivity contribution is 6.32. The van der Waals surface area contributed by atoms with Gasteiger partial charge >= 0.3 is 0 Å². The van der Waals surface area contributed by atoms with E-state index in [1.807, 2.05) is 30.3 Å². The number of rotatable bonds is 1. The highest BCUT2D eigenvalue weighted by atomic mass is 35.5. The molecule has 1 nitrogen and oxygen atoms in total. The van der Waals surface area contributed by atoms with Crippen molar-refractivity contribution in [1.82, 2.24) is 0 Å². The van der Waals surface area contributed by atoms with Crippen LogP contribution in [-0.2, 0) is 4.79 Å². The summed E-state index contributed by atoms with van der Waals surface area (Å²) in [6, 6.07) is 7.62. The van der Waals surface area contributed by atoms with Crippen LogP contribution in [-0.4, -0.2) is 5.78 Å². The molecule has 2 rings (SSSR count). The van der Waals surface area contributed by atoms with E-state index < -0.39 is 0 Å². The molecule has 0 radical (unpaired) electrons. The number of benzene rings is 1. The van der Waals surface area contributed by atoms with Crippen LogP contribution in [0.1, 0.15) is 31.2 Å². The Kier molecular flexibility index (Phi) is 3.22. The van der Waals surface area contributed by atoms with Gasteiger partial charge in [-0.25, -0.2) is 0 Å². The molecule has 1 aromatic carbocycles. The second kappa shape index (κ2) is 4.63. The van der Waals surface area contributed by atoms with Crippen LogP contribution in [0.15, 0.2) is 29.8 Å². The van der Waals surface area contributed by atoms with Gasteiger partial charge in [0.2, 0.25) is 0 Å². The van der Waals surface area contributed by atoms with Crippen molar-refractivity contribution >= 4 is 23.5 Å². The Morgan fingerprint density at radius 2 is 1.87 bits per heavy atom. The van der Waals surface area contributed by atoms with Gasteiger partial charge in [-0.15, -0.1) is 0 Å². The number of carbonyl (C=O) groups is 1. The molecule has 0 bridgehead atoms. The van der Waals surface area contributed by atoms with Crippen molar-refractivity contribution in [2.45, 2.75) is 25.7 Å². The summed E-state index contributed by atoms with van der Waals surface area (Å²) in [6.45, 7) is 0. The molecule has 0 N–H and O–H groups in total. The van der Waals surface area contributed by atoms with E-state index in [1.165, 1.54) is 0 Å². The van der Waals surface area contributed by atoms with E-state index in [2.05, 4.69) is 0 Å². The Bertz CT molecular complexity index is 407. The number of carbonyl (C=O) groups excluding carboxylic acids is 1. The van der Waals surface area contributed by atoms with Crippen molar-refractivity contribution < 1.29 is 4.79 Å². The highest BCUT2D eigenvalue weighted by Crippen LogP contribution is 2.24. The molecule has 0 amide bonds. The predicted molar refractivity (Wildman–Crippen MR) is 62.9 cm³/mol. The number of hydrogen-bond acceptors (Lipinski definition) is 1. The molecule has 15 heavy (non-hydrogen) atoms. The van der Waals surface area contributed by atoms with Crippen LogP contribution in [0.2, 0.25) is 5.02 Å². The van der Waals surface area contributed by atoms with E-state index in [9.17, 15) is 4.79 Å². The lowest BCUT2D eigenvalue weighted by molar-refractivity contribution is -0.116. The lowest BCUT2D eigenvalue weighted by Crippen LogP contribution is -2.07. The zero-order valence-electron chi connectivity index (χ0n) is 8.50. The quantitative estimate of drug-likeness (QED) is 0.657. The van der Waals surface area contributed by atoms with Crippen LogP contribution in [0.3, 0.4) is 0 Å². The molecule has 1 aliphatic rings. The number of hydrogen-bond donors (Lipinski definition) is 0. The minimum Gasteiger partial charge on any atom is -0.295 e. The summed E-state index contributed by atoms with van der Waals surface area (Å²) in [7, 11) is 0. The molecule has 1 fully saturated rings. The Hall–Kier alpha value is -1.08. The van der Waals surface area contributed by atoms with Gasteiger partial charge in [0.25, 0.3) is 0 Å². The van der Waals surface area contributed by atoms with E-state index in [-0.39, 0.29) is 5.78 Å². The van der Waals surface area contributed by atoms with Gasteiger partial charge in [-0.1, -0.05) is 29.8 Å². The van der Waals surface area contributed by atoms with Crippen molar-refractivity contribution in [3.05, 3.63) is 40.4 Å². The first-order valence-corrected chi connectivity index (χ1v) is 5.63. The van der Waals surface area contributed by atoms with Crippen LogP contribution in [0.4, 0.5) is 0 Å². The fourth-order valence-electron chi connectivity index (χ4n) is 1.83. The number of halogens is 1. The van der Waals surface area contributed by atoms with Crippen LogP contribution in [0.5, 0.6) is 0 Å². The molecule has 1 aromatic rings. The van der Waals surface area contributed by atoms with Gasteiger partial charge in [0.1, 0.15) is 0 Å². The Balaban J connectivity index is 2.29. The van der Waals surface area contributed by atoms with Crippen LogP contribution in [0, 0.1) is 0 Å². The third-order valence-corrected chi connectivity index (χ3v) is 3.04. The molecule has 0 saturated heterocycles. The Labute approximate surface area is 94.8 Å². The lowest BCUT2D eigenvalue weighted by atomic mass is 9.92. The largest absolute Gasteiger partial charge is 0.295 e. The first kappa shape index (κ1) is 10.4. The summed E-state index contributed by atoms with van der Waals surface area (Å²) in [5, 5.41) is 0.711. The maximum absolute atomic E-state index is 11.6. The zero-order chi connectivity index (χ0) is 10.7. The van der Waals surface area contributed by atoms with Gasteiger partial charge in [-0.05, 0) is 42.5 Å². The smallest absolute Gasteiger partial charge is 0.158 e. The molecule has 0 aliphatic heterocycles. The molecule has 0 unspecified atom stereocenters. The summed E-state index contributed by atoms with van der Waals surface area (Å²) in [5.41, 5.74) is 1.87. The van der Waals surface area contributed by atoms with E-state index >= 15 is 0 Å². The maximum Gasteiger partial charge on any atom is 0.158 e. The maximum atomic E-state index is 11.6. The molecular formula is C13H13ClO. The van der Waals surface area contributed by atoms with Gasteiger partial charge < -0.3 is 0 Å². The van der Waals surface area contributed by atoms with Gasteiger partial charge in [0.05, 0.1) is 0 Å². The number of allylic oxidation sites excluding steroid dienone is 1. The topological polar surface area (TPSA) is 17.1 Å². The summed E-state index contributed by atoms with van der Waals surface area (Å²) in [5.74, 6) is 0.279. The fourth-order valence-corrected chi connectivity index (χ4v) is 2.02. The van der Waals surface area contributed by atoms with E-state index in [0.717, 1.165) is 30.4 Å². The average molecular weight is 221 g/mol. The molecule has 0 aromatic heterocycles. The van der Waals surface area contributed by atoms with Crippen molar-refractivity contribution in [3.8, 4) is 0 Å². The number of ketones is 1. The van der Waals surface area contributed by atoms with E-state index in [0.29, 0.717) is 11.4 Å². The molecule has 1 aliphatic carbocycles. The van der Waals surface area contributed by atoms with Crippen molar-refractivity contribution in [1.29, 1.82) is 0 Å². The lowest BCUT2D eigenvalue weighted by Gasteiger charge is -2.12. The average Bonchev–Trinajstić information content (AvgIpc) is 2.24. The van der Waals surface area contributed by atoms with Crippen LogP contribution >= 0.6 is 11.6 Å². The first-order valence-electron chi connectivity index (χ1n) is 5.25. The van der Waals surface area contributed by atoms with Gasteiger partial charge in [0.15, 0.2) is 5.78 Å². The molecule has 0 atom stereocenters. The van der Waals surface area contributed by atoms with Gasteiger partial charge in [0, 0.05) is 11.4 Å². The van der Waals surface area contributed by atoms with Crippen LogP contribution < -0.4 is 0 Å². The van der Waals surface area contributed by atoms with Crippen molar-refractivity contribution in [2.75, 3.05) is 0 Å². The standard InChI is InChI=1S/C13H13ClO/c14-12-7-3-1-5-10(12)9-11-6-2-4-8-13(11)15/h1,3,5,7,9H,2,4,6,8H2. The normalized spacial score (nSPS) is 19.5. The molecule has 78 valence electrons. The molecule has 2 heteroatoms. The fraction of sp³-hybridized carbons (Fsp3) is 0.308. The van der Waals surface area contributed by atoms with Gasteiger partial charge in [-0.3, -0.25) is 4.79 Å². The second-order valence-corrected chi connectivity index (χ2v) is 4.23. The zero-order valence-corrected chi connectivity index (χ0v) is 9.26. The SMILES string of the molecule is O=C1CCCCC1=Cc1ccccc1Cl. The summed E-state index contributed by atoms with van der Waals surface area (Å²) in [6.07, 6.45) is 5.66. The van der Waals surface area contributed by atoms with Crippen molar-refractivity contribution in [2.24, 2.45) is 0 Å². The summed E-state index contributed by atoms with van der Waals surface area (Å²) < 4.78 is 0. The highest BCUT2D eigenvalue weighted by Gasteiger charge is 2.14. The van der Waals surface area contributed by atoms with Crippen molar-refractivity contribution in [3.63, 3.8) is 0 Å². The predicted octanol–water partition coefficient (Wildman–Crippen LogP) is 3.87. The monoisotopic (exact) mass is 220 g/mol. The Morgan fingerprint density at radius 1 is 1.13 bits per heavy atom. The molecule has 1 saturated carbocycles. The Morgan fingerprint density at radius 3 is 2.60 bits per heavy atom. The number of Topliss-reactive ketones (excluding diaryl/α,β-unsaturated/α-hetero) is 1. The first-order chi connectivity index (χ1) is 7.27. The molecule has 0 spiro atoms. The third kappa shape index (κ3) is 2.48. The van der Waals surface area contributed by atoms with E-state index in [1.54, 1.807) is 0 Å². The molecular weight excluding hydrogens is 208 g/mol. The molecule has 0 heterocycles. The minimum absolute atomic E-state index is 0.279. The third-order valence-electron chi connectivity index (χ3n) is 2.69. The second-order valence-electron chi connectivity index (χ2n) is 3.82. The summed E-state index contributed by atoms with van der Waals surface area (Å²) in [4.78, 5) is 11.6. The van der Waals surface area contributed by atoms with Crippen LogP contribution in [0.25, 0.3) is 6.08 Å². The summed E-state index contributed by atoms with van der Waals surface area (Å²) >= 11 is 6.04. The van der Waals surface area contributed by atoms with E-state index in [4.69, 9.17) is 11.6 Å². The minimum atomic E-state index is 0.279.